The Labute approximate surface area is 112 Å². The number of rotatable bonds is 5. The fourth-order valence-corrected chi connectivity index (χ4v) is 3.09. The quantitative estimate of drug-likeness (QED) is 0.780. The van der Waals surface area contributed by atoms with Crippen LogP contribution in [-0.2, 0) is 4.74 Å². The van der Waals surface area contributed by atoms with Gasteiger partial charge in [-0.1, -0.05) is 6.92 Å². The van der Waals surface area contributed by atoms with Gasteiger partial charge in [0, 0.05) is 38.2 Å². The van der Waals surface area contributed by atoms with Gasteiger partial charge < -0.3 is 19.9 Å². The normalized spacial score (nSPS) is 31.7. The molecule has 1 atom stereocenters. The van der Waals surface area contributed by atoms with Crippen LogP contribution in [-0.4, -0.2) is 75.9 Å². The van der Waals surface area contributed by atoms with Gasteiger partial charge in [-0.3, -0.25) is 0 Å². The first-order valence-electron chi connectivity index (χ1n) is 7.43. The van der Waals surface area contributed by atoms with Crippen LogP contribution in [0.15, 0.2) is 0 Å². The summed E-state index contributed by atoms with van der Waals surface area (Å²) >= 11 is 0. The first kappa shape index (κ1) is 14.3. The molecule has 2 heterocycles. The van der Waals surface area contributed by atoms with Crippen molar-refractivity contribution in [3.8, 4) is 0 Å². The average molecular weight is 255 g/mol. The Morgan fingerprint density at radius 3 is 2.83 bits per heavy atom. The molecule has 0 saturated carbocycles. The van der Waals surface area contributed by atoms with Gasteiger partial charge in [0.2, 0.25) is 0 Å². The molecule has 0 bridgehead atoms. The molecule has 0 aromatic carbocycles. The second-order valence-corrected chi connectivity index (χ2v) is 6.02. The number of likely N-dealkylation sites (N-methyl/N-ethyl adjacent to an activating group) is 1. The Morgan fingerprint density at radius 1 is 1.22 bits per heavy atom. The molecular formula is C14H29N3O. The van der Waals surface area contributed by atoms with Gasteiger partial charge in [-0.2, -0.15) is 0 Å². The number of nitrogens with one attached hydrogen (secondary N) is 1. The predicted molar refractivity (Wildman–Crippen MR) is 75.0 cm³/mol. The first-order chi connectivity index (χ1) is 8.74. The van der Waals surface area contributed by atoms with Crippen LogP contribution in [0, 0.1) is 5.41 Å². The van der Waals surface area contributed by atoms with Crippen LogP contribution in [0.5, 0.6) is 0 Å². The van der Waals surface area contributed by atoms with Gasteiger partial charge in [-0.15, -0.1) is 0 Å². The van der Waals surface area contributed by atoms with Crippen LogP contribution < -0.4 is 5.32 Å². The third kappa shape index (κ3) is 3.92. The van der Waals surface area contributed by atoms with Gasteiger partial charge in [-0.25, -0.2) is 0 Å². The van der Waals surface area contributed by atoms with E-state index in [9.17, 15) is 0 Å². The molecule has 2 fully saturated rings. The van der Waals surface area contributed by atoms with Crippen LogP contribution in [0.4, 0.5) is 0 Å². The smallest absolute Gasteiger partial charge is 0.0547 e. The fraction of sp³-hybridized carbons (Fsp3) is 1.00. The Balaban J connectivity index is 1.87. The lowest BCUT2D eigenvalue weighted by atomic mass is 9.86. The molecule has 4 nitrogen and oxygen atoms in total. The molecule has 4 heteroatoms. The van der Waals surface area contributed by atoms with E-state index in [1.807, 2.05) is 0 Å². The van der Waals surface area contributed by atoms with Crippen molar-refractivity contribution in [2.75, 3.05) is 66.1 Å². The zero-order chi connectivity index (χ0) is 12.8. The highest BCUT2D eigenvalue weighted by Gasteiger charge is 2.36. The molecule has 0 aromatic heterocycles. The molecule has 2 saturated heterocycles. The zero-order valence-electron chi connectivity index (χ0n) is 12.1. The molecule has 1 unspecified atom stereocenters. The predicted octanol–water partition coefficient (Wildman–Crippen LogP) is 0.640. The highest BCUT2D eigenvalue weighted by Crippen LogP contribution is 2.29. The van der Waals surface area contributed by atoms with E-state index in [4.69, 9.17) is 4.74 Å². The summed E-state index contributed by atoms with van der Waals surface area (Å²) in [5, 5.41) is 3.53. The van der Waals surface area contributed by atoms with Crippen molar-refractivity contribution >= 4 is 0 Å². The summed E-state index contributed by atoms with van der Waals surface area (Å²) in [5.74, 6) is 0. The van der Waals surface area contributed by atoms with Crippen LogP contribution in [0.1, 0.15) is 19.8 Å². The van der Waals surface area contributed by atoms with Crippen molar-refractivity contribution in [1.82, 2.24) is 15.1 Å². The molecule has 2 aliphatic heterocycles. The van der Waals surface area contributed by atoms with Gasteiger partial charge in [-0.05, 0) is 39.5 Å². The summed E-state index contributed by atoms with van der Waals surface area (Å²) in [6.45, 7) is 12.3. The summed E-state index contributed by atoms with van der Waals surface area (Å²) in [4.78, 5) is 5.09. The SMILES string of the molecule is CCNCC1(CN2CCCN(C)CC2)CCOC1. The van der Waals surface area contributed by atoms with Crippen molar-refractivity contribution in [1.29, 1.82) is 0 Å². The Morgan fingerprint density at radius 2 is 2.11 bits per heavy atom. The van der Waals surface area contributed by atoms with Crippen molar-refractivity contribution in [2.24, 2.45) is 5.41 Å². The maximum absolute atomic E-state index is 5.67. The second kappa shape index (κ2) is 6.85. The van der Waals surface area contributed by atoms with E-state index >= 15 is 0 Å². The highest BCUT2D eigenvalue weighted by molar-refractivity contribution is 4.89. The molecule has 18 heavy (non-hydrogen) atoms. The van der Waals surface area contributed by atoms with Crippen LogP contribution in [0.3, 0.4) is 0 Å². The molecule has 1 N–H and O–H groups in total. The van der Waals surface area contributed by atoms with Crippen LogP contribution in [0.25, 0.3) is 0 Å². The Bertz CT molecular complexity index is 241. The van der Waals surface area contributed by atoms with E-state index < -0.39 is 0 Å². The molecular weight excluding hydrogens is 226 g/mol. The van der Waals surface area contributed by atoms with Crippen LogP contribution >= 0.6 is 0 Å². The molecule has 2 aliphatic rings. The van der Waals surface area contributed by atoms with E-state index in [-0.39, 0.29) is 0 Å². The van der Waals surface area contributed by atoms with E-state index in [1.54, 1.807) is 0 Å². The van der Waals surface area contributed by atoms with Gasteiger partial charge in [0.15, 0.2) is 0 Å². The first-order valence-corrected chi connectivity index (χ1v) is 7.43. The number of hydrogen-bond acceptors (Lipinski definition) is 4. The molecule has 0 amide bonds. The molecule has 0 radical (unpaired) electrons. The summed E-state index contributed by atoms with van der Waals surface area (Å²) in [5.41, 5.74) is 0.360. The summed E-state index contributed by atoms with van der Waals surface area (Å²) in [6.07, 6.45) is 2.51. The maximum Gasteiger partial charge on any atom is 0.0547 e. The molecule has 0 aromatic rings. The van der Waals surface area contributed by atoms with E-state index in [1.165, 1.54) is 45.6 Å². The average Bonchev–Trinajstić information content (AvgIpc) is 2.73. The fourth-order valence-electron chi connectivity index (χ4n) is 3.09. The third-order valence-electron chi connectivity index (χ3n) is 4.31. The monoisotopic (exact) mass is 255 g/mol. The zero-order valence-corrected chi connectivity index (χ0v) is 12.1. The van der Waals surface area contributed by atoms with Crippen molar-refractivity contribution in [2.45, 2.75) is 19.8 Å². The second-order valence-electron chi connectivity index (χ2n) is 6.02. The van der Waals surface area contributed by atoms with E-state index in [2.05, 4.69) is 29.1 Å². The lowest BCUT2D eigenvalue weighted by Gasteiger charge is -2.34. The van der Waals surface area contributed by atoms with Crippen molar-refractivity contribution < 1.29 is 4.74 Å². The third-order valence-corrected chi connectivity index (χ3v) is 4.31. The van der Waals surface area contributed by atoms with E-state index in [0.717, 1.165) is 26.3 Å². The minimum atomic E-state index is 0.360. The lowest BCUT2D eigenvalue weighted by molar-refractivity contribution is 0.110. The summed E-state index contributed by atoms with van der Waals surface area (Å²) in [7, 11) is 2.23. The Hall–Kier alpha value is -0.160. The standard InChI is InChI=1S/C14H29N3O/c1-3-15-11-14(5-10-18-13-14)12-17-7-4-6-16(2)8-9-17/h15H,3-13H2,1-2H3. The molecule has 0 aliphatic carbocycles. The van der Waals surface area contributed by atoms with Crippen LogP contribution in [0.2, 0.25) is 0 Å². The minimum absolute atomic E-state index is 0.360. The highest BCUT2D eigenvalue weighted by atomic mass is 16.5. The molecule has 0 spiro atoms. The van der Waals surface area contributed by atoms with Crippen molar-refractivity contribution in [3.63, 3.8) is 0 Å². The van der Waals surface area contributed by atoms with Gasteiger partial charge in [0.05, 0.1) is 6.61 Å². The number of ether oxygens (including phenoxy) is 1. The lowest BCUT2D eigenvalue weighted by Crippen LogP contribution is -2.45. The maximum atomic E-state index is 5.67. The molecule has 2 rings (SSSR count). The van der Waals surface area contributed by atoms with E-state index in [0.29, 0.717) is 5.41 Å². The van der Waals surface area contributed by atoms with Gasteiger partial charge in [0.1, 0.15) is 0 Å². The number of hydrogen-bond donors (Lipinski definition) is 1. The summed E-state index contributed by atoms with van der Waals surface area (Å²) < 4.78 is 5.67. The minimum Gasteiger partial charge on any atom is -0.381 e. The Kier molecular flexibility index (Phi) is 5.42. The van der Waals surface area contributed by atoms with Crippen molar-refractivity contribution in [3.05, 3.63) is 0 Å². The van der Waals surface area contributed by atoms with Gasteiger partial charge in [0.25, 0.3) is 0 Å². The largest absolute Gasteiger partial charge is 0.381 e. The topological polar surface area (TPSA) is 27.7 Å². The molecule has 106 valence electrons. The number of nitrogens with zero attached hydrogens (tertiary/aromatic N) is 2. The van der Waals surface area contributed by atoms with Gasteiger partial charge >= 0.3 is 0 Å². The summed E-state index contributed by atoms with van der Waals surface area (Å²) in [6, 6.07) is 0.